The van der Waals surface area contributed by atoms with Gasteiger partial charge in [-0.15, -0.1) is 0 Å². The van der Waals surface area contributed by atoms with Crippen molar-refractivity contribution < 1.29 is 9.09 Å². The van der Waals surface area contributed by atoms with Crippen molar-refractivity contribution in [2.45, 2.75) is 13.0 Å². The quantitative estimate of drug-likeness (QED) is 0.702. The van der Waals surface area contributed by atoms with Gasteiger partial charge in [-0.1, -0.05) is 6.07 Å². The molecular weight excluding hydrogens is 185 g/mol. The summed E-state index contributed by atoms with van der Waals surface area (Å²) >= 11 is 0. The van der Waals surface area contributed by atoms with E-state index >= 15 is 0 Å². The predicted octanol–water partition coefficient (Wildman–Crippen LogP) is 2.70. The zero-order chi connectivity index (χ0) is 9.90. The lowest BCUT2D eigenvalue weighted by Gasteiger charge is -2.15. The normalized spacial score (nSPS) is 14.1. The van der Waals surface area contributed by atoms with Crippen LogP contribution in [-0.4, -0.2) is 18.3 Å². The number of rotatable bonds is 3. The molecule has 4 heteroatoms. The molecule has 72 valence electrons. The molecule has 0 amide bonds. The molecule has 0 N–H and O–H groups in total. The number of pyridine rings is 1. The summed E-state index contributed by atoms with van der Waals surface area (Å²) in [6.07, 6.45) is 1.49. The van der Waals surface area contributed by atoms with Crippen LogP contribution >= 0.6 is 7.37 Å². The number of hydrogen-bond donors (Lipinski definition) is 0. The van der Waals surface area contributed by atoms with Crippen molar-refractivity contribution in [2.75, 3.05) is 13.3 Å². The molecule has 0 aliphatic heterocycles. The van der Waals surface area contributed by atoms with Crippen LogP contribution in [0.2, 0.25) is 0 Å². The smallest absolute Gasteiger partial charge is 0.197 e. The molecule has 1 atom stereocenters. The lowest BCUT2D eigenvalue weighted by atomic mass is 10.2. The number of nitrogens with zero attached hydrogens (tertiary/aromatic N) is 1. The van der Waals surface area contributed by atoms with Gasteiger partial charge in [0.15, 0.2) is 7.37 Å². The largest absolute Gasteiger partial charge is 0.319 e. The minimum Gasteiger partial charge on any atom is -0.319 e. The molecule has 1 rings (SSSR count). The maximum Gasteiger partial charge on any atom is 0.197 e. The van der Waals surface area contributed by atoms with Crippen LogP contribution in [0.4, 0.5) is 0 Å². The summed E-state index contributed by atoms with van der Waals surface area (Å²) in [5.74, 6) is 0. The lowest BCUT2D eigenvalue weighted by molar-refractivity contribution is 0.229. The SMILES string of the molecule is CC(OP(C)(C)=O)c1ccccn1. The third-order valence-corrected chi connectivity index (χ3v) is 2.34. The van der Waals surface area contributed by atoms with Gasteiger partial charge in [0, 0.05) is 19.5 Å². The van der Waals surface area contributed by atoms with E-state index in [9.17, 15) is 4.57 Å². The Labute approximate surface area is 78.6 Å². The van der Waals surface area contributed by atoms with Gasteiger partial charge in [-0.3, -0.25) is 9.55 Å². The zero-order valence-electron chi connectivity index (χ0n) is 8.10. The molecule has 0 aromatic carbocycles. The van der Waals surface area contributed by atoms with Crippen LogP contribution in [-0.2, 0) is 9.09 Å². The van der Waals surface area contributed by atoms with Gasteiger partial charge < -0.3 is 4.52 Å². The summed E-state index contributed by atoms with van der Waals surface area (Å²) in [6.45, 7) is 5.06. The van der Waals surface area contributed by atoms with E-state index in [4.69, 9.17) is 4.52 Å². The second-order valence-corrected chi connectivity index (χ2v) is 5.97. The minimum absolute atomic E-state index is 0.206. The summed E-state index contributed by atoms with van der Waals surface area (Å²) in [6, 6.07) is 5.59. The maximum atomic E-state index is 11.3. The van der Waals surface area contributed by atoms with E-state index in [0.29, 0.717) is 0 Å². The van der Waals surface area contributed by atoms with Crippen LogP contribution in [0.3, 0.4) is 0 Å². The van der Waals surface area contributed by atoms with Gasteiger partial charge >= 0.3 is 0 Å². The van der Waals surface area contributed by atoms with Gasteiger partial charge in [-0.05, 0) is 19.1 Å². The molecule has 0 spiro atoms. The molecule has 1 aromatic heterocycles. The maximum absolute atomic E-state index is 11.3. The highest BCUT2D eigenvalue weighted by Gasteiger charge is 2.15. The molecule has 1 unspecified atom stereocenters. The van der Waals surface area contributed by atoms with E-state index in [1.807, 2.05) is 25.1 Å². The molecule has 0 saturated carbocycles. The number of hydrogen-bond acceptors (Lipinski definition) is 3. The molecule has 0 radical (unpaired) electrons. The summed E-state index contributed by atoms with van der Waals surface area (Å²) in [7, 11) is -2.43. The summed E-state index contributed by atoms with van der Waals surface area (Å²) < 4.78 is 16.7. The van der Waals surface area contributed by atoms with Crippen molar-refractivity contribution in [3.8, 4) is 0 Å². The van der Waals surface area contributed by atoms with E-state index < -0.39 is 7.37 Å². The Morgan fingerprint density at radius 2 is 2.15 bits per heavy atom. The van der Waals surface area contributed by atoms with Crippen molar-refractivity contribution in [3.63, 3.8) is 0 Å². The van der Waals surface area contributed by atoms with Crippen molar-refractivity contribution in [3.05, 3.63) is 30.1 Å². The second-order valence-electron chi connectivity index (χ2n) is 3.25. The van der Waals surface area contributed by atoms with Crippen molar-refractivity contribution in [1.29, 1.82) is 0 Å². The fourth-order valence-electron chi connectivity index (χ4n) is 1.05. The molecule has 13 heavy (non-hydrogen) atoms. The fraction of sp³-hybridized carbons (Fsp3) is 0.444. The fourth-order valence-corrected chi connectivity index (χ4v) is 1.92. The molecule has 1 aromatic rings. The molecule has 0 fully saturated rings. The minimum atomic E-state index is -2.43. The Morgan fingerprint density at radius 1 is 1.46 bits per heavy atom. The highest BCUT2D eigenvalue weighted by molar-refractivity contribution is 7.57. The Morgan fingerprint density at radius 3 is 2.62 bits per heavy atom. The molecule has 0 saturated heterocycles. The van der Waals surface area contributed by atoms with Crippen LogP contribution in [0.1, 0.15) is 18.7 Å². The third kappa shape index (κ3) is 3.71. The standard InChI is InChI=1S/C9H14NO2P/c1-8(12-13(2,3)11)9-6-4-5-7-10-9/h4-8H,1-3H3. The molecular formula is C9H14NO2P. The zero-order valence-corrected chi connectivity index (χ0v) is 8.99. The van der Waals surface area contributed by atoms with Crippen molar-refractivity contribution >= 4 is 7.37 Å². The van der Waals surface area contributed by atoms with Gasteiger partial charge in [-0.25, -0.2) is 0 Å². The first kappa shape index (κ1) is 10.4. The Balaban J connectivity index is 2.70. The Kier molecular flexibility index (Phi) is 3.23. The Hall–Kier alpha value is -0.660. The first-order valence-corrected chi connectivity index (χ1v) is 6.65. The van der Waals surface area contributed by atoms with Crippen molar-refractivity contribution in [1.82, 2.24) is 4.98 Å². The number of aromatic nitrogens is 1. The van der Waals surface area contributed by atoms with Gasteiger partial charge in [0.25, 0.3) is 0 Å². The predicted molar refractivity (Wildman–Crippen MR) is 53.2 cm³/mol. The van der Waals surface area contributed by atoms with E-state index in [1.165, 1.54) is 0 Å². The first-order valence-electron chi connectivity index (χ1n) is 4.13. The highest BCUT2D eigenvalue weighted by Crippen LogP contribution is 2.42. The molecule has 0 bridgehead atoms. The topological polar surface area (TPSA) is 39.2 Å². The van der Waals surface area contributed by atoms with E-state index in [-0.39, 0.29) is 6.10 Å². The first-order chi connectivity index (χ1) is 5.99. The van der Waals surface area contributed by atoms with Gasteiger partial charge in [0.2, 0.25) is 0 Å². The van der Waals surface area contributed by atoms with Gasteiger partial charge in [0.1, 0.15) is 6.10 Å². The van der Waals surface area contributed by atoms with Crippen LogP contribution < -0.4 is 0 Å². The van der Waals surface area contributed by atoms with Crippen LogP contribution in [0.25, 0.3) is 0 Å². The van der Waals surface area contributed by atoms with Gasteiger partial charge in [-0.2, -0.15) is 0 Å². The van der Waals surface area contributed by atoms with Crippen molar-refractivity contribution in [2.24, 2.45) is 0 Å². The van der Waals surface area contributed by atoms with Crippen LogP contribution in [0, 0.1) is 0 Å². The second kappa shape index (κ2) is 4.03. The average Bonchev–Trinajstić information content (AvgIpc) is 2.03. The Bertz CT molecular complexity index is 307. The molecule has 3 nitrogen and oxygen atoms in total. The average molecular weight is 199 g/mol. The molecule has 1 heterocycles. The van der Waals surface area contributed by atoms with E-state index in [1.54, 1.807) is 19.5 Å². The van der Waals surface area contributed by atoms with Crippen LogP contribution in [0.5, 0.6) is 0 Å². The monoisotopic (exact) mass is 199 g/mol. The van der Waals surface area contributed by atoms with E-state index in [0.717, 1.165) is 5.69 Å². The third-order valence-electron chi connectivity index (χ3n) is 1.52. The molecule has 0 aliphatic carbocycles. The van der Waals surface area contributed by atoms with E-state index in [2.05, 4.69) is 4.98 Å². The summed E-state index contributed by atoms with van der Waals surface area (Å²) in [5.41, 5.74) is 0.812. The highest BCUT2D eigenvalue weighted by atomic mass is 31.2. The summed E-state index contributed by atoms with van der Waals surface area (Å²) in [4.78, 5) is 4.12. The lowest BCUT2D eigenvalue weighted by Crippen LogP contribution is -1.99. The summed E-state index contributed by atoms with van der Waals surface area (Å²) in [5, 5.41) is 0. The van der Waals surface area contributed by atoms with Crippen LogP contribution in [0.15, 0.2) is 24.4 Å². The van der Waals surface area contributed by atoms with Gasteiger partial charge in [0.05, 0.1) is 5.69 Å². The molecule has 0 aliphatic rings.